The lowest BCUT2D eigenvalue weighted by molar-refractivity contribution is -0.315. The highest BCUT2D eigenvalue weighted by molar-refractivity contribution is 5.25. The Balaban J connectivity index is 2.33. The summed E-state index contributed by atoms with van der Waals surface area (Å²) in [4.78, 5) is 10.1. The van der Waals surface area contributed by atoms with Crippen molar-refractivity contribution in [2.45, 2.75) is 38.9 Å². The zero-order valence-corrected chi connectivity index (χ0v) is 6.39. The molecule has 1 saturated heterocycles. The quantitative estimate of drug-likeness (QED) is 0.377. The molecule has 0 aromatic heterocycles. The minimum absolute atomic E-state index is 0.287. The van der Waals surface area contributed by atoms with Crippen LogP contribution in [0.25, 0.3) is 0 Å². The van der Waals surface area contributed by atoms with Gasteiger partial charge < -0.3 is 0 Å². The van der Waals surface area contributed by atoms with Crippen molar-refractivity contribution in [2.75, 3.05) is 0 Å². The molecule has 0 amide bonds. The molecule has 1 aliphatic heterocycles. The maximum absolute atomic E-state index is 5.07. The zero-order chi connectivity index (χ0) is 7.14. The summed E-state index contributed by atoms with van der Waals surface area (Å²) < 4.78 is 0. The van der Waals surface area contributed by atoms with Gasteiger partial charge in [0.2, 0.25) is 0 Å². The molecule has 2 bridgehead atoms. The van der Waals surface area contributed by atoms with Crippen molar-refractivity contribution < 1.29 is 9.78 Å². The van der Waals surface area contributed by atoms with Crippen LogP contribution in [-0.2, 0) is 9.78 Å². The first-order valence-electron chi connectivity index (χ1n) is 3.78. The molecule has 0 radical (unpaired) electrons. The molecular formula is C8H12O2. The molecule has 2 rings (SSSR count). The van der Waals surface area contributed by atoms with Crippen LogP contribution >= 0.6 is 0 Å². The molecule has 10 heavy (non-hydrogen) atoms. The van der Waals surface area contributed by atoms with E-state index in [4.69, 9.17) is 9.78 Å². The summed E-state index contributed by atoms with van der Waals surface area (Å²) in [7, 11) is 0. The van der Waals surface area contributed by atoms with Crippen molar-refractivity contribution >= 4 is 0 Å². The predicted molar refractivity (Wildman–Crippen MR) is 37.4 cm³/mol. The van der Waals surface area contributed by atoms with Crippen molar-refractivity contribution in [1.29, 1.82) is 0 Å². The molecule has 56 valence electrons. The third-order valence-electron chi connectivity index (χ3n) is 2.25. The van der Waals surface area contributed by atoms with Gasteiger partial charge in [-0.3, -0.25) is 0 Å². The Hall–Kier alpha value is -0.340. The van der Waals surface area contributed by atoms with Gasteiger partial charge >= 0.3 is 0 Å². The SMILES string of the molecule is CC(C)=C1[C@@H]2CC[C@H]1OO2. The molecule has 0 aromatic rings. The van der Waals surface area contributed by atoms with Crippen molar-refractivity contribution in [3.8, 4) is 0 Å². The van der Waals surface area contributed by atoms with Gasteiger partial charge in [0.25, 0.3) is 0 Å². The van der Waals surface area contributed by atoms with Crippen LogP contribution in [0, 0.1) is 0 Å². The van der Waals surface area contributed by atoms with E-state index in [0.29, 0.717) is 0 Å². The normalized spacial score (nSPS) is 37.2. The van der Waals surface area contributed by atoms with Crippen LogP contribution in [0.1, 0.15) is 26.7 Å². The van der Waals surface area contributed by atoms with Gasteiger partial charge in [0.1, 0.15) is 12.2 Å². The van der Waals surface area contributed by atoms with Gasteiger partial charge in [0, 0.05) is 0 Å². The Morgan fingerprint density at radius 2 is 1.70 bits per heavy atom. The first-order valence-corrected chi connectivity index (χ1v) is 3.78. The number of rotatable bonds is 0. The van der Waals surface area contributed by atoms with Crippen LogP contribution in [0.5, 0.6) is 0 Å². The Kier molecular flexibility index (Phi) is 1.32. The Labute approximate surface area is 60.7 Å². The average molecular weight is 140 g/mol. The molecule has 2 heteroatoms. The average Bonchev–Trinajstić information content (AvgIpc) is 2.43. The minimum atomic E-state index is 0.287. The summed E-state index contributed by atoms with van der Waals surface area (Å²) >= 11 is 0. The fraction of sp³-hybridized carbons (Fsp3) is 0.750. The maximum atomic E-state index is 5.07. The van der Waals surface area contributed by atoms with E-state index in [1.54, 1.807) is 0 Å². The molecule has 0 N–H and O–H groups in total. The lowest BCUT2D eigenvalue weighted by Gasteiger charge is -2.05. The van der Waals surface area contributed by atoms with Gasteiger partial charge in [0.15, 0.2) is 0 Å². The summed E-state index contributed by atoms with van der Waals surface area (Å²) in [5, 5.41) is 0. The fourth-order valence-electron chi connectivity index (χ4n) is 1.80. The second-order valence-electron chi connectivity index (χ2n) is 3.20. The number of hydrogen-bond acceptors (Lipinski definition) is 2. The molecule has 1 heterocycles. The number of fused-ring (bicyclic) bond motifs is 2. The van der Waals surface area contributed by atoms with E-state index in [1.807, 2.05) is 0 Å². The van der Waals surface area contributed by atoms with Gasteiger partial charge in [-0.05, 0) is 32.3 Å². The van der Waals surface area contributed by atoms with Gasteiger partial charge in [-0.2, -0.15) is 0 Å². The molecule has 0 aromatic carbocycles. The fourth-order valence-corrected chi connectivity index (χ4v) is 1.80. The van der Waals surface area contributed by atoms with Crippen LogP contribution < -0.4 is 0 Å². The molecular weight excluding hydrogens is 128 g/mol. The summed E-state index contributed by atoms with van der Waals surface area (Å²) in [6.45, 7) is 4.25. The van der Waals surface area contributed by atoms with E-state index < -0.39 is 0 Å². The maximum Gasteiger partial charge on any atom is 0.117 e. The van der Waals surface area contributed by atoms with Crippen LogP contribution in [-0.4, -0.2) is 12.2 Å². The summed E-state index contributed by atoms with van der Waals surface area (Å²) in [5.74, 6) is 0. The van der Waals surface area contributed by atoms with Gasteiger partial charge in [-0.15, -0.1) is 0 Å². The van der Waals surface area contributed by atoms with E-state index in [2.05, 4.69) is 13.8 Å². The largest absolute Gasteiger partial charge is 0.228 e. The molecule has 1 aliphatic carbocycles. The highest BCUT2D eigenvalue weighted by Crippen LogP contribution is 2.38. The van der Waals surface area contributed by atoms with E-state index in [-0.39, 0.29) is 12.2 Å². The first-order chi connectivity index (χ1) is 4.79. The van der Waals surface area contributed by atoms with E-state index in [0.717, 1.165) is 12.8 Å². The van der Waals surface area contributed by atoms with Gasteiger partial charge in [-0.1, -0.05) is 5.57 Å². The van der Waals surface area contributed by atoms with Crippen LogP contribution in [0.3, 0.4) is 0 Å². The van der Waals surface area contributed by atoms with Crippen LogP contribution in [0.15, 0.2) is 11.1 Å². The van der Waals surface area contributed by atoms with Crippen LogP contribution in [0.2, 0.25) is 0 Å². The monoisotopic (exact) mass is 140 g/mol. The van der Waals surface area contributed by atoms with E-state index in [9.17, 15) is 0 Å². The first kappa shape index (κ1) is 6.38. The molecule has 0 spiro atoms. The number of hydrogen-bond donors (Lipinski definition) is 0. The smallest absolute Gasteiger partial charge is 0.117 e. The van der Waals surface area contributed by atoms with Crippen molar-refractivity contribution in [1.82, 2.24) is 0 Å². The summed E-state index contributed by atoms with van der Waals surface area (Å²) in [6, 6.07) is 0. The zero-order valence-electron chi connectivity index (χ0n) is 6.39. The van der Waals surface area contributed by atoms with Crippen molar-refractivity contribution in [3.63, 3.8) is 0 Å². The Morgan fingerprint density at radius 1 is 1.20 bits per heavy atom. The Morgan fingerprint density at radius 3 is 1.90 bits per heavy atom. The molecule has 2 atom stereocenters. The molecule has 2 fully saturated rings. The molecule has 1 saturated carbocycles. The van der Waals surface area contributed by atoms with E-state index in [1.165, 1.54) is 11.1 Å². The highest BCUT2D eigenvalue weighted by atomic mass is 17.2. The van der Waals surface area contributed by atoms with Crippen molar-refractivity contribution in [3.05, 3.63) is 11.1 Å². The van der Waals surface area contributed by atoms with Crippen molar-refractivity contribution in [2.24, 2.45) is 0 Å². The second kappa shape index (κ2) is 2.07. The number of allylic oxidation sites excluding steroid dienone is 1. The third-order valence-corrected chi connectivity index (χ3v) is 2.25. The van der Waals surface area contributed by atoms with Gasteiger partial charge in [-0.25, -0.2) is 9.78 Å². The lowest BCUT2D eigenvalue weighted by Crippen LogP contribution is -2.05. The van der Waals surface area contributed by atoms with Crippen LogP contribution in [0.4, 0.5) is 0 Å². The highest BCUT2D eigenvalue weighted by Gasteiger charge is 2.40. The Bertz CT molecular complexity index is 158. The lowest BCUT2D eigenvalue weighted by atomic mass is 10.1. The topological polar surface area (TPSA) is 18.5 Å². The standard InChI is InChI=1S/C8H12O2/c1-5(2)8-6-3-4-7(8)10-9-6/h6-7H,3-4H2,1-2H3/t6-,7+. The molecule has 2 nitrogen and oxygen atoms in total. The molecule has 0 unspecified atom stereocenters. The van der Waals surface area contributed by atoms with E-state index >= 15 is 0 Å². The van der Waals surface area contributed by atoms with Gasteiger partial charge in [0.05, 0.1) is 0 Å². The minimum Gasteiger partial charge on any atom is -0.228 e. The third kappa shape index (κ3) is 0.724. The molecule has 2 aliphatic rings. The summed E-state index contributed by atoms with van der Waals surface area (Å²) in [6.07, 6.45) is 2.86. The second-order valence-corrected chi connectivity index (χ2v) is 3.20. The summed E-state index contributed by atoms with van der Waals surface area (Å²) in [5.41, 5.74) is 2.75. The predicted octanol–water partition coefficient (Wildman–Crippen LogP) is 1.82.